The second kappa shape index (κ2) is 12.3. The molecule has 1 amide bonds. The summed E-state index contributed by atoms with van der Waals surface area (Å²) < 4.78 is 13.4. The molecule has 0 bridgehead atoms. The van der Waals surface area contributed by atoms with Crippen LogP contribution in [0.15, 0.2) is 103 Å². The average molecular weight is 538 g/mol. The summed E-state index contributed by atoms with van der Waals surface area (Å²) in [6.45, 7) is 3.72. The Bertz CT molecular complexity index is 1480. The van der Waals surface area contributed by atoms with E-state index in [1.54, 1.807) is 36.8 Å². The molecule has 5 rings (SSSR count). The fraction of sp³-hybridized carbons (Fsp3) is 0.219. The van der Waals surface area contributed by atoms with Crippen molar-refractivity contribution in [1.82, 2.24) is 14.5 Å². The van der Waals surface area contributed by atoms with Crippen molar-refractivity contribution in [2.24, 2.45) is 0 Å². The van der Waals surface area contributed by atoms with Gasteiger partial charge in [0, 0.05) is 31.0 Å². The van der Waals surface area contributed by atoms with Gasteiger partial charge in [-0.15, -0.1) is 0 Å². The third-order valence-electron chi connectivity index (χ3n) is 6.78. The number of hydrogen-bond acceptors (Lipinski definition) is 6. The summed E-state index contributed by atoms with van der Waals surface area (Å²) >= 11 is 0. The van der Waals surface area contributed by atoms with Crippen molar-refractivity contribution >= 4 is 17.4 Å². The highest BCUT2D eigenvalue weighted by molar-refractivity contribution is 6.46. The SMILES string of the molecule is CCOc1cccc(C(O)=C2C(=O)C(=O)N(CCCn3ccnc3)C2c2ccc(OCc3ccccc3)cc2)c1. The molecule has 4 aromatic rings. The van der Waals surface area contributed by atoms with Gasteiger partial charge in [0.15, 0.2) is 0 Å². The standard InChI is InChI=1S/C32H31N3O5/c1-2-39-27-11-6-10-25(20-27)30(36)28-29(35(32(38)31(28)37)18-7-17-34-19-16-33-22-34)24-12-14-26(15-13-24)40-21-23-8-4-3-5-9-23/h3-6,8-16,19-20,22,29,36H,2,7,17-18,21H2,1H3. The monoisotopic (exact) mass is 537 g/mol. The molecular weight excluding hydrogens is 506 g/mol. The number of aryl methyl sites for hydroxylation is 1. The molecule has 2 heterocycles. The predicted molar refractivity (Wildman–Crippen MR) is 151 cm³/mol. The maximum atomic E-state index is 13.4. The number of aliphatic hydroxyl groups excluding tert-OH is 1. The number of aromatic nitrogens is 2. The van der Waals surface area contributed by atoms with E-state index in [1.807, 2.05) is 72.3 Å². The lowest BCUT2D eigenvalue weighted by Crippen LogP contribution is -2.31. The minimum absolute atomic E-state index is 0.0548. The number of ketones is 1. The summed E-state index contributed by atoms with van der Waals surface area (Å²) in [6.07, 6.45) is 5.87. The lowest BCUT2D eigenvalue weighted by Gasteiger charge is -2.25. The number of ether oxygens (including phenoxy) is 2. The Morgan fingerprint density at radius 3 is 2.45 bits per heavy atom. The molecule has 0 aliphatic carbocycles. The maximum Gasteiger partial charge on any atom is 0.295 e. The highest BCUT2D eigenvalue weighted by Gasteiger charge is 2.45. The van der Waals surface area contributed by atoms with Crippen LogP contribution in [0.3, 0.4) is 0 Å². The van der Waals surface area contributed by atoms with Crippen molar-refractivity contribution in [3.63, 3.8) is 0 Å². The molecule has 1 fully saturated rings. The molecule has 1 aliphatic heterocycles. The van der Waals surface area contributed by atoms with Crippen LogP contribution in [-0.2, 0) is 22.7 Å². The Kier molecular flexibility index (Phi) is 8.25. The van der Waals surface area contributed by atoms with Crippen LogP contribution < -0.4 is 9.47 Å². The van der Waals surface area contributed by atoms with Crippen LogP contribution in [0.4, 0.5) is 0 Å². The van der Waals surface area contributed by atoms with Crippen molar-refractivity contribution in [2.45, 2.75) is 32.5 Å². The van der Waals surface area contributed by atoms with E-state index in [9.17, 15) is 14.7 Å². The molecule has 0 spiro atoms. The van der Waals surface area contributed by atoms with E-state index in [4.69, 9.17) is 9.47 Å². The van der Waals surface area contributed by atoms with Gasteiger partial charge in [-0.05, 0) is 48.7 Å². The van der Waals surface area contributed by atoms with Crippen molar-refractivity contribution in [3.05, 3.63) is 120 Å². The van der Waals surface area contributed by atoms with Gasteiger partial charge >= 0.3 is 0 Å². The fourth-order valence-electron chi connectivity index (χ4n) is 4.84. The second-order valence-corrected chi connectivity index (χ2v) is 9.45. The van der Waals surface area contributed by atoms with Crippen LogP contribution >= 0.6 is 0 Å². The van der Waals surface area contributed by atoms with Crippen LogP contribution in [0.2, 0.25) is 0 Å². The summed E-state index contributed by atoms with van der Waals surface area (Å²) in [4.78, 5) is 32.2. The third-order valence-corrected chi connectivity index (χ3v) is 6.78. The topological polar surface area (TPSA) is 93.9 Å². The van der Waals surface area contributed by atoms with Crippen molar-refractivity contribution < 1.29 is 24.2 Å². The summed E-state index contributed by atoms with van der Waals surface area (Å²) in [5.74, 6) is -0.350. The van der Waals surface area contributed by atoms with Gasteiger partial charge in [0.25, 0.3) is 11.7 Å². The number of benzene rings is 3. The van der Waals surface area contributed by atoms with Crippen LogP contribution in [0.1, 0.15) is 36.1 Å². The van der Waals surface area contributed by atoms with E-state index < -0.39 is 17.7 Å². The minimum Gasteiger partial charge on any atom is -0.507 e. The molecule has 204 valence electrons. The number of amides is 1. The number of carbonyl (C=O) groups excluding carboxylic acids is 2. The quantitative estimate of drug-likeness (QED) is 0.157. The molecule has 1 aliphatic rings. The maximum absolute atomic E-state index is 13.4. The molecule has 1 unspecified atom stereocenters. The van der Waals surface area contributed by atoms with Gasteiger partial charge in [0.1, 0.15) is 23.9 Å². The van der Waals surface area contributed by atoms with Gasteiger partial charge in [0.05, 0.1) is 24.5 Å². The number of hydrogen-bond donors (Lipinski definition) is 1. The van der Waals surface area contributed by atoms with Crippen molar-refractivity contribution in [3.8, 4) is 11.5 Å². The number of Topliss-reactive ketones (excluding diaryl/α,β-unsaturated/α-hetero) is 1. The number of carbonyl (C=O) groups is 2. The van der Waals surface area contributed by atoms with Crippen molar-refractivity contribution in [2.75, 3.05) is 13.2 Å². The van der Waals surface area contributed by atoms with E-state index in [2.05, 4.69) is 4.98 Å². The molecular formula is C32H31N3O5. The van der Waals surface area contributed by atoms with Gasteiger partial charge in [-0.3, -0.25) is 9.59 Å². The summed E-state index contributed by atoms with van der Waals surface area (Å²) in [5.41, 5.74) is 2.22. The molecule has 8 nitrogen and oxygen atoms in total. The van der Waals surface area contributed by atoms with E-state index in [0.717, 1.165) is 5.56 Å². The Morgan fingerprint density at radius 1 is 0.925 bits per heavy atom. The van der Waals surface area contributed by atoms with Gasteiger partial charge in [-0.2, -0.15) is 0 Å². The van der Waals surface area contributed by atoms with Crippen LogP contribution in [0, 0.1) is 0 Å². The van der Waals surface area contributed by atoms with Gasteiger partial charge in [-0.1, -0.05) is 54.6 Å². The van der Waals surface area contributed by atoms with E-state index >= 15 is 0 Å². The zero-order valence-corrected chi connectivity index (χ0v) is 22.3. The normalized spacial score (nSPS) is 16.3. The van der Waals surface area contributed by atoms with Gasteiger partial charge < -0.3 is 24.0 Å². The van der Waals surface area contributed by atoms with Crippen LogP contribution in [0.5, 0.6) is 11.5 Å². The van der Waals surface area contributed by atoms with Gasteiger partial charge in [-0.25, -0.2) is 4.98 Å². The number of rotatable bonds is 11. The number of aliphatic hydroxyl groups is 1. The second-order valence-electron chi connectivity index (χ2n) is 9.45. The van der Waals surface area contributed by atoms with Crippen molar-refractivity contribution in [1.29, 1.82) is 0 Å². The third kappa shape index (κ3) is 5.91. The highest BCUT2D eigenvalue weighted by Crippen LogP contribution is 2.40. The molecule has 1 aromatic heterocycles. The summed E-state index contributed by atoms with van der Waals surface area (Å²) in [6, 6.07) is 23.3. The number of imidazole rings is 1. The zero-order chi connectivity index (χ0) is 27.9. The largest absolute Gasteiger partial charge is 0.507 e. The molecule has 1 atom stereocenters. The highest BCUT2D eigenvalue weighted by atomic mass is 16.5. The van der Waals surface area contributed by atoms with E-state index in [0.29, 0.717) is 55.4 Å². The first-order chi connectivity index (χ1) is 19.5. The molecule has 0 radical (unpaired) electrons. The molecule has 8 heteroatoms. The zero-order valence-electron chi connectivity index (χ0n) is 22.3. The molecule has 40 heavy (non-hydrogen) atoms. The summed E-state index contributed by atoms with van der Waals surface area (Å²) in [7, 11) is 0. The number of nitrogens with zero attached hydrogens (tertiary/aromatic N) is 3. The Balaban J connectivity index is 1.46. The lowest BCUT2D eigenvalue weighted by atomic mass is 9.95. The minimum atomic E-state index is -0.748. The Morgan fingerprint density at radius 2 is 1.73 bits per heavy atom. The average Bonchev–Trinajstić information content (AvgIpc) is 3.59. The molecule has 1 saturated heterocycles. The lowest BCUT2D eigenvalue weighted by molar-refractivity contribution is -0.139. The Labute approximate surface area is 233 Å². The van der Waals surface area contributed by atoms with E-state index in [-0.39, 0.29) is 11.3 Å². The Hall–Kier alpha value is -4.85. The van der Waals surface area contributed by atoms with Crippen LogP contribution in [-0.4, -0.2) is 44.4 Å². The molecule has 0 saturated carbocycles. The first kappa shape index (κ1) is 26.7. The van der Waals surface area contributed by atoms with Crippen LogP contribution in [0.25, 0.3) is 5.76 Å². The number of likely N-dealkylation sites (tertiary alicyclic amines) is 1. The van der Waals surface area contributed by atoms with Gasteiger partial charge in [0.2, 0.25) is 0 Å². The summed E-state index contributed by atoms with van der Waals surface area (Å²) in [5, 5.41) is 11.4. The molecule has 3 aromatic carbocycles. The first-order valence-electron chi connectivity index (χ1n) is 13.3. The smallest absolute Gasteiger partial charge is 0.295 e. The molecule has 1 N–H and O–H groups in total. The fourth-order valence-corrected chi connectivity index (χ4v) is 4.84. The predicted octanol–water partition coefficient (Wildman–Crippen LogP) is 5.37. The van der Waals surface area contributed by atoms with E-state index in [1.165, 1.54) is 4.90 Å². The first-order valence-corrected chi connectivity index (χ1v) is 13.3.